The van der Waals surface area contributed by atoms with Gasteiger partial charge in [-0.1, -0.05) is 12.1 Å². The summed E-state index contributed by atoms with van der Waals surface area (Å²) in [6.45, 7) is 3.17. The molecule has 0 bridgehead atoms. The Morgan fingerprint density at radius 2 is 1.05 bits per heavy atom. The van der Waals surface area contributed by atoms with Crippen LogP contribution < -0.4 is 9.64 Å². The number of rotatable bonds is 15. The van der Waals surface area contributed by atoms with Crippen LogP contribution in [0.15, 0.2) is 18.2 Å². The quantitative estimate of drug-likeness (QED) is 0.158. The second kappa shape index (κ2) is 17.8. The second-order valence-electron chi connectivity index (χ2n) is 10.3. The van der Waals surface area contributed by atoms with Crippen molar-refractivity contribution in [3.8, 4) is 5.75 Å². The Morgan fingerprint density at radius 3 is 1.42 bits per heavy atom. The van der Waals surface area contributed by atoms with Gasteiger partial charge in [0.2, 0.25) is 0 Å². The fraction of sp³-hybridized carbons (Fsp3) is 0.593. The Morgan fingerprint density at radius 1 is 0.651 bits per heavy atom. The largest absolute Gasteiger partial charge is 0.490 e. The van der Waals surface area contributed by atoms with E-state index < -0.39 is 42.9 Å². The van der Waals surface area contributed by atoms with Crippen LogP contribution in [-0.4, -0.2) is 173 Å². The molecule has 0 aliphatic carbocycles. The molecular formula is C27H41N5O11. The van der Waals surface area contributed by atoms with Crippen molar-refractivity contribution < 1.29 is 54.2 Å². The van der Waals surface area contributed by atoms with Gasteiger partial charge in [0.1, 0.15) is 25.4 Å². The number of carbonyl (C=O) groups is 5. The van der Waals surface area contributed by atoms with E-state index in [0.29, 0.717) is 75.9 Å². The molecule has 1 fully saturated rings. The third kappa shape index (κ3) is 13.7. The topological polar surface area (TPSA) is 212 Å². The summed E-state index contributed by atoms with van der Waals surface area (Å²) in [6.07, 6.45) is 0. The van der Waals surface area contributed by atoms with Crippen molar-refractivity contribution in [3.63, 3.8) is 0 Å². The summed E-state index contributed by atoms with van der Waals surface area (Å²) in [4.78, 5) is 65.5. The molecule has 1 heterocycles. The Kier molecular flexibility index (Phi) is 14.6. The smallest absolute Gasteiger partial charge is 0.323 e. The lowest BCUT2D eigenvalue weighted by atomic mass is 10.1. The van der Waals surface area contributed by atoms with Gasteiger partial charge in [-0.15, -0.1) is 0 Å². The number of anilines is 1. The van der Waals surface area contributed by atoms with Gasteiger partial charge in [-0.05, 0) is 18.6 Å². The number of hydrogen-bond acceptors (Lipinski definition) is 11. The maximum Gasteiger partial charge on any atom is 0.323 e. The van der Waals surface area contributed by atoms with Crippen molar-refractivity contribution in [2.24, 2.45) is 0 Å². The minimum Gasteiger partial charge on any atom is -0.490 e. The number of nitrogens with zero attached hydrogens (tertiary/aromatic N) is 5. The average Bonchev–Trinajstić information content (AvgIpc) is 2.88. The Balaban J connectivity index is 2.20. The summed E-state index contributed by atoms with van der Waals surface area (Å²) in [5, 5.41) is 46.7. The molecule has 1 aromatic rings. The Bertz CT molecular complexity index is 1070. The number of ether oxygens (including phenoxy) is 1. The van der Waals surface area contributed by atoms with E-state index in [0.717, 1.165) is 0 Å². The number of para-hydroxylation sites is 1. The molecule has 16 nitrogen and oxygen atoms in total. The van der Waals surface area contributed by atoms with Crippen LogP contribution >= 0.6 is 0 Å². The molecule has 1 saturated heterocycles. The van der Waals surface area contributed by atoms with Gasteiger partial charge in [-0.2, -0.15) is 0 Å². The van der Waals surface area contributed by atoms with Crippen LogP contribution in [0.4, 0.5) is 5.69 Å². The van der Waals surface area contributed by atoms with Crippen molar-refractivity contribution in [1.82, 2.24) is 19.6 Å². The minimum atomic E-state index is -1.20. The molecule has 1 aliphatic rings. The highest BCUT2D eigenvalue weighted by Crippen LogP contribution is 2.32. The van der Waals surface area contributed by atoms with Crippen LogP contribution in [0.1, 0.15) is 5.56 Å². The maximum absolute atomic E-state index is 11.5. The molecule has 0 aromatic heterocycles. The standard InChI is InChI=1S/C27H41N5O11/c1-20-3-2-4-21(27(20)32(18-25(39)40)19-26(41)42)43-14-13-28-5-7-29(15-22(33)34)9-11-31(17-24(37)38)12-10-30(8-6-28)16-23(35)36/h2-4H,5-19H2,1H3,(H,33,34)(H,35,36)(H,37,38)(H,39,40)(H,41,42). The van der Waals surface area contributed by atoms with E-state index in [4.69, 9.17) is 4.74 Å². The summed E-state index contributed by atoms with van der Waals surface area (Å²) < 4.78 is 6.02. The average molecular weight is 612 g/mol. The van der Waals surface area contributed by atoms with Crippen LogP contribution in [0.3, 0.4) is 0 Å². The van der Waals surface area contributed by atoms with Gasteiger partial charge in [0.15, 0.2) is 0 Å². The van der Waals surface area contributed by atoms with E-state index >= 15 is 0 Å². The zero-order chi connectivity index (χ0) is 31.9. The van der Waals surface area contributed by atoms with Crippen molar-refractivity contribution in [2.75, 3.05) is 103 Å². The first-order chi connectivity index (χ1) is 20.3. The van der Waals surface area contributed by atoms with Gasteiger partial charge in [0, 0.05) is 58.9 Å². The van der Waals surface area contributed by atoms with Crippen LogP contribution in [-0.2, 0) is 24.0 Å². The fourth-order valence-electron chi connectivity index (χ4n) is 4.83. The lowest BCUT2D eigenvalue weighted by Gasteiger charge is -2.33. The van der Waals surface area contributed by atoms with Gasteiger partial charge in [0.25, 0.3) is 0 Å². The zero-order valence-corrected chi connectivity index (χ0v) is 24.3. The van der Waals surface area contributed by atoms with Crippen molar-refractivity contribution >= 4 is 35.5 Å². The monoisotopic (exact) mass is 611 g/mol. The Hall–Kier alpha value is -3.99. The fourth-order valence-corrected chi connectivity index (χ4v) is 4.83. The van der Waals surface area contributed by atoms with Gasteiger partial charge in [0.05, 0.1) is 25.3 Å². The van der Waals surface area contributed by atoms with E-state index in [1.807, 2.05) is 4.90 Å². The molecule has 2 rings (SSSR count). The molecule has 0 spiro atoms. The van der Waals surface area contributed by atoms with Gasteiger partial charge < -0.3 is 35.2 Å². The summed E-state index contributed by atoms with van der Waals surface area (Å²) >= 11 is 0. The van der Waals surface area contributed by atoms with Crippen LogP contribution in [0, 0.1) is 6.92 Å². The minimum absolute atomic E-state index is 0.134. The molecule has 0 radical (unpaired) electrons. The molecule has 1 aromatic carbocycles. The lowest BCUT2D eigenvalue weighted by Crippen LogP contribution is -2.48. The highest BCUT2D eigenvalue weighted by atomic mass is 16.5. The maximum atomic E-state index is 11.5. The van der Waals surface area contributed by atoms with Crippen LogP contribution in [0.2, 0.25) is 0 Å². The zero-order valence-electron chi connectivity index (χ0n) is 24.3. The predicted molar refractivity (Wildman–Crippen MR) is 153 cm³/mol. The molecule has 16 heteroatoms. The molecule has 43 heavy (non-hydrogen) atoms. The summed E-state index contributed by atoms with van der Waals surface area (Å²) in [5.41, 5.74) is 0.990. The second-order valence-corrected chi connectivity index (χ2v) is 10.3. The third-order valence-electron chi connectivity index (χ3n) is 6.84. The molecule has 0 atom stereocenters. The first kappa shape index (κ1) is 35.2. The number of aliphatic carboxylic acids is 5. The molecule has 5 N–H and O–H groups in total. The summed E-state index contributed by atoms with van der Waals surface area (Å²) in [7, 11) is 0. The Labute approximate surface area is 249 Å². The summed E-state index contributed by atoms with van der Waals surface area (Å²) in [6, 6.07) is 5.06. The predicted octanol–water partition coefficient (Wildman–Crippen LogP) is -1.18. The first-order valence-electron chi connectivity index (χ1n) is 13.8. The van der Waals surface area contributed by atoms with Crippen molar-refractivity contribution in [1.29, 1.82) is 0 Å². The number of aryl methyl sites for hydroxylation is 1. The van der Waals surface area contributed by atoms with E-state index in [1.165, 1.54) is 4.90 Å². The lowest BCUT2D eigenvalue weighted by molar-refractivity contribution is -0.140. The van der Waals surface area contributed by atoms with Gasteiger partial charge in [-0.3, -0.25) is 43.6 Å². The van der Waals surface area contributed by atoms with Gasteiger partial charge in [-0.25, -0.2) is 0 Å². The highest BCUT2D eigenvalue weighted by Gasteiger charge is 2.22. The number of benzene rings is 1. The number of carboxylic acid groups (broad SMARTS) is 5. The summed E-state index contributed by atoms with van der Waals surface area (Å²) in [5.74, 6) is -5.14. The van der Waals surface area contributed by atoms with Crippen molar-refractivity contribution in [3.05, 3.63) is 23.8 Å². The van der Waals surface area contributed by atoms with Crippen LogP contribution in [0.5, 0.6) is 5.75 Å². The number of carboxylic acids is 5. The molecule has 0 saturated carbocycles. The van der Waals surface area contributed by atoms with Crippen molar-refractivity contribution in [2.45, 2.75) is 6.92 Å². The first-order valence-corrected chi connectivity index (χ1v) is 13.8. The molecule has 0 unspecified atom stereocenters. The molecule has 240 valence electrons. The number of hydrogen-bond donors (Lipinski definition) is 5. The SMILES string of the molecule is Cc1cccc(OCCN2CCN(CC(=O)O)CCN(CC(=O)O)CCN(CC(=O)O)CC2)c1N(CC(=O)O)CC(=O)O. The van der Waals surface area contributed by atoms with Gasteiger partial charge >= 0.3 is 29.8 Å². The van der Waals surface area contributed by atoms with E-state index in [-0.39, 0.29) is 26.2 Å². The molecule has 0 amide bonds. The van der Waals surface area contributed by atoms with Crippen LogP contribution in [0.25, 0.3) is 0 Å². The third-order valence-corrected chi connectivity index (χ3v) is 6.84. The van der Waals surface area contributed by atoms with E-state index in [2.05, 4.69) is 0 Å². The molecular weight excluding hydrogens is 570 g/mol. The molecule has 1 aliphatic heterocycles. The van der Waals surface area contributed by atoms with E-state index in [9.17, 15) is 49.5 Å². The normalized spacial score (nSPS) is 16.5. The van der Waals surface area contributed by atoms with E-state index in [1.54, 1.807) is 39.8 Å². The highest BCUT2D eigenvalue weighted by molar-refractivity contribution is 5.82.